The smallest absolute Gasteiger partial charge is 0.270 e. The predicted octanol–water partition coefficient (Wildman–Crippen LogP) is 4.11. The van der Waals surface area contributed by atoms with E-state index in [4.69, 9.17) is 12.2 Å². The Kier molecular flexibility index (Phi) is 4.92. The van der Waals surface area contributed by atoms with Gasteiger partial charge in [0, 0.05) is 11.1 Å². The molecule has 1 amide bonds. The van der Waals surface area contributed by atoms with E-state index in [0.29, 0.717) is 26.0 Å². The first-order valence-corrected chi connectivity index (χ1v) is 8.66. The fourth-order valence-electron chi connectivity index (χ4n) is 2.38. The fraction of sp³-hybridized carbons (Fsp3) is 0.0526. The Labute approximate surface area is 154 Å². The normalized spacial score (nSPS) is 15.7. The number of hydrogen-bond donors (Lipinski definition) is 0. The van der Waals surface area contributed by atoms with Crippen molar-refractivity contribution < 1.29 is 14.4 Å². The molecule has 0 saturated carbocycles. The first kappa shape index (κ1) is 17.3. The highest BCUT2D eigenvalue weighted by molar-refractivity contribution is 8.27. The summed E-state index contributed by atoms with van der Waals surface area (Å²) in [6, 6.07) is 13.8. The van der Waals surface area contributed by atoms with Crippen LogP contribution >= 0.6 is 24.0 Å². The Bertz CT molecular complexity index is 917. The molecule has 25 heavy (non-hydrogen) atoms. The Balaban J connectivity index is 1.91. The van der Waals surface area contributed by atoms with Crippen LogP contribution in [0.15, 0.2) is 53.4 Å². The third kappa shape index (κ3) is 3.60. The number of nitrogens with zero attached hydrogens (tertiary/aromatic N) is 1. The van der Waals surface area contributed by atoms with E-state index >= 15 is 0 Å². The number of carbonyl (C=O) groups excluding carboxylic acids is 3. The van der Waals surface area contributed by atoms with E-state index in [1.54, 1.807) is 54.6 Å². The Morgan fingerprint density at radius 3 is 2.44 bits per heavy atom. The van der Waals surface area contributed by atoms with Crippen molar-refractivity contribution in [1.82, 2.24) is 0 Å². The molecule has 6 heteroatoms. The number of thiocarbonyl (C=S) groups is 1. The molecule has 4 nitrogen and oxygen atoms in total. The van der Waals surface area contributed by atoms with Gasteiger partial charge in [0.15, 0.2) is 10.1 Å². The van der Waals surface area contributed by atoms with Crippen LogP contribution in [0.1, 0.15) is 33.2 Å². The molecular formula is C19H13NO3S2. The lowest BCUT2D eigenvalue weighted by atomic mass is 10.1. The van der Waals surface area contributed by atoms with Crippen LogP contribution in [0, 0.1) is 0 Å². The van der Waals surface area contributed by atoms with Gasteiger partial charge >= 0.3 is 0 Å². The molecule has 2 aromatic rings. The average Bonchev–Trinajstić information content (AvgIpc) is 2.89. The van der Waals surface area contributed by atoms with Gasteiger partial charge in [0.25, 0.3) is 5.91 Å². The van der Waals surface area contributed by atoms with E-state index in [-0.39, 0.29) is 11.7 Å². The number of thioether (sulfide) groups is 1. The number of anilines is 1. The quantitative estimate of drug-likeness (QED) is 0.352. The van der Waals surface area contributed by atoms with Crippen molar-refractivity contribution in [3.05, 3.63) is 70.1 Å². The molecule has 124 valence electrons. The molecule has 0 aromatic heterocycles. The SMILES string of the molecule is CC(=O)c1cccc(N2C(=O)/C(=C/c3ccc(C=O)cc3)SC2=S)c1. The minimum absolute atomic E-state index is 0.0712. The maximum Gasteiger partial charge on any atom is 0.270 e. The molecule has 0 radical (unpaired) electrons. The highest BCUT2D eigenvalue weighted by Gasteiger charge is 2.33. The maximum atomic E-state index is 12.7. The maximum absolute atomic E-state index is 12.7. The zero-order chi connectivity index (χ0) is 18.0. The largest absolute Gasteiger partial charge is 0.298 e. The fourth-order valence-corrected chi connectivity index (χ4v) is 3.68. The molecule has 0 spiro atoms. The zero-order valence-electron chi connectivity index (χ0n) is 13.3. The van der Waals surface area contributed by atoms with Gasteiger partial charge in [-0.3, -0.25) is 19.3 Å². The van der Waals surface area contributed by atoms with Gasteiger partial charge in [-0.05, 0) is 30.7 Å². The third-order valence-corrected chi connectivity index (χ3v) is 4.98. The van der Waals surface area contributed by atoms with Crippen LogP contribution in [0.25, 0.3) is 6.08 Å². The van der Waals surface area contributed by atoms with Crippen LogP contribution in [0.5, 0.6) is 0 Å². The lowest BCUT2D eigenvalue weighted by Crippen LogP contribution is -2.27. The second-order valence-electron chi connectivity index (χ2n) is 5.41. The first-order chi connectivity index (χ1) is 12.0. The molecule has 0 aliphatic carbocycles. The number of benzene rings is 2. The number of carbonyl (C=O) groups is 3. The summed E-state index contributed by atoms with van der Waals surface area (Å²) in [5, 5.41) is 0. The van der Waals surface area contributed by atoms with Gasteiger partial charge in [-0.1, -0.05) is 60.4 Å². The van der Waals surface area contributed by atoms with E-state index in [9.17, 15) is 14.4 Å². The molecule has 0 unspecified atom stereocenters. The summed E-state index contributed by atoms with van der Waals surface area (Å²) in [7, 11) is 0. The minimum Gasteiger partial charge on any atom is -0.298 e. The molecule has 0 bridgehead atoms. The monoisotopic (exact) mass is 367 g/mol. The van der Waals surface area contributed by atoms with E-state index in [1.807, 2.05) is 0 Å². The van der Waals surface area contributed by atoms with Gasteiger partial charge in [0.05, 0.1) is 10.6 Å². The second-order valence-corrected chi connectivity index (χ2v) is 7.08. The van der Waals surface area contributed by atoms with Gasteiger partial charge in [-0.2, -0.15) is 0 Å². The van der Waals surface area contributed by atoms with Crippen LogP contribution in [0.3, 0.4) is 0 Å². The molecule has 3 rings (SSSR count). The molecule has 0 N–H and O–H groups in total. The molecule has 0 atom stereocenters. The number of amides is 1. The predicted molar refractivity (Wildman–Crippen MR) is 104 cm³/mol. The van der Waals surface area contributed by atoms with Gasteiger partial charge in [-0.15, -0.1) is 0 Å². The number of Topliss-reactive ketones (excluding diaryl/α,β-unsaturated/α-hetero) is 1. The van der Waals surface area contributed by atoms with Crippen LogP contribution in [0.4, 0.5) is 5.69 Å². The van der Waals surface area contributed by atoms with Crippen LogP contribution in [-0.4, -0.2) is 22.3 Å². The Hall–Kier alpha value is -2.57. The molecule has 1 aliphatic heterocycles. The highest BCUT2D eigenvalue weighted by atomic mass is 32.2. The van der Waals surface area contributed by atoms with E-state index in [0.717, 1.165) is 11.8 Å². The highest BCUT2D eigenvalue weighted by Crippen LogP contribution is 2.36. The van der Waals surface area contributed by atoms with Crippen molar-refractivity contribution >= 4 is 58.0 Å². The lowest BCUT2D eigenvalue weighted by Gasteiger charge is -2.15. The van der Waals surface area contributed by atoms with E-state index in [1.165, 1.54) is 23.6 Å². The van der Waals surface area contributed by atoms with Crippen LogP contribution < -0.4 is 4.90 Å². The molecule has 1 heterocycles. The first-order valence-electron chi connectivity index (χ1n) is 7.44. The summed E-state index contributed by atoms with van der Waals surface area (Å²) in [4.78, 5) is 36.9. The minimum atomic E-state index is -0.227. The molecule has 1 aliphatic rings. The van der Waals surface area contributed by atoms with Crippen molar-refractivity contribution in [2.45, 2.75) is 6.92 Å². The van der Waals surface area contributed by atoms with Crippen LogP contribution in [0.2, 0.25) is 0 Å². The third-order valence-electron chi connectivity index (χ3n) is 3.67. The molecule has 1 saturated heterocycles. The summed E-state index contributed by atoms with van der Waals surface area (Å²) in [5.74, 6) is -0.298. The second kappa shape index (κ2) is 7.13. The number of rotatable bonds is 4. The standard InChI is InChI=1S/C19H13NO3S2/c1-12(22)15-3-2-4-16(10-15)20-18(23)17(25-19(20)24)9-13-5-7-14(11-21)8-6-13/h2-11H,1H3/b17-9-. The Morgan fingerprint density at radius 1 is 1.12 bits per heavy atom. The van der Waals surface area contributed by atoms with Gasteiger partial charge < -0.3 is 0 Å². The number of ketones is 1. The average molecular weight is 367 g/mol. The molecule has 1 fully saturated rings. The van der Waals surface area contributed by atoms with Crippen molar-refractivity contribution in [3.63, 3.8) is 0 Å². The van der Waals surface area contributed by atoms with Gasteiger partial charge in [-0.25, -0.2) is 0 Å². The van der Waals surface area contributed by atoms with Crippen LogP contribution in [-0.2, 0) is 4.79 Å². The van der Waals surface area contributed by atoms with Gasteiger partial charge in [0.1, 0.15) is 6.29 Å². The topological polar surface area (TPSA) is 54.5 Å². The van der Waals surface area contributed by atoms with E-state index in [2.05, 4.69) is 0 Å². The summed E-state index contributed by atoms with van der Waals surface area (Å²) in [5.41, 5.74) is 2.49. The summed E-state index contributed by atoms with van der Waals surface area (Å²) in [6.07, 6.45) is 2.51. The Morgan fingerprint density at radius 2 is 1.80 bits per heavy atom. The summed E-state index contributed by atoms with van der Waals surface area (Å²) < 4.78 is 0.418. The zero-order valence-corrected chi connectivity index (χ0v) is 14.9. The summed E-state index contributed by atoms with van der Waals surface area (Å²) >= 11 is 6.55. The lowest BCUT2D eigenvalue weighted by molar-refractivity contribution is -0.113. The molecule has 2 aromatic carbocycles. The van der Waals surface area contributed by atoms with Crippen molar-refractivity contribution in [1.29, 1.82) is 0 Å². The number of aldehydes is 1. The summed E-state index contributed by atoms with van der Waals surface area (Å²) in [6.45, 7) is 1.48. The van der Waals surface area contributed by atoms with Crippen molar-refractivity contribution in [2.75, 3.05) is 4.90 Å². The van der Waals surface area contributed by atoms with Crippen molar-refractivity contribution in [3.8, 4) is 0 Å². The van der Waals surface area contributed by atoms with Gasteiger partial charge in [0.2, 0.25) is 0 Å². The number of hydrogen-bond acceptors (Lipinski definition) is 5. The van der Waals surface area contributed by atoms with Crippen molar-refractivity contribution in [2.24, 2.45) is 0 Å². The molecular weight excluding hydrogens is 354 g/mol. The van der Waals surface area contributed by atoms with E-state index < -0.39 is 0 Å².